The summed E-state index contributed by atoms with van der Waals surface area (Å²) in [5.74, 6) is 1.40. The maximum atomic E-state index is 13.1. The van der Waals surface area contributed by atoms with Gasteiger partial charge in [0.15, 0.2) is 0 Å². The molecule has 4 rings (SSSR count). The fourth-order valence-electron chi connectivity index (χ4n) is 5.05. The lowest BCUT2D eigenvalue weighted by atomic mass is 9.77. The molecule has 5 heteroatoms. The lowest BCUT2D eigenvalue weighted by molar-refractivity contribution is 0.0847. The summed E-state index contributed by atoms with van der Waals surface area (Å²) in [4.78, 5) is 13.1. The normalized spacial score (nSPS) is 27.5. The molecule has 5 nitrogen and oxygen atoms in total. The van der Waals surface area contributed by atoms with Gasteiger partial charge in [-0.3, -0.25) is 4.79 Å². The van der Waals surface area contributed by atoms with Crippen molar-refractivity contribution in [1.29, 1.82) is 0 Å². The summed E-state index contributed by atoms with van der Waals surface area (Å²) in [5.41, 5.74) is 3.30. The minimum absolute atomic E-state index is 0.00784. The van der Waals surface area contributed by atoms with Crippen LogP contribution in [0.25, 0.3) is 5.69 Å². The molecule has 2 bridgehead atoms. The van der Waals surface area contributed by atoms with E-state index in [4.69, 9.17) is 0 Å². The van der Waals surface area contributed by atoms with E-state index in [1.807, 2.05) is 48.9 Å². The van der Waals surface area contributed by atoms with E-state index in [1.54, 1.807) is 0 Å². The molecule has 2 aliphatic rings. The Kier molecular flexibility index (Phi) is 4.57. The molecule has 4 atom stereocenters. The second-order valence-corrected chi connectivity index (χ2v) is 7.91. The topological polar surface area (TPSA) is 67.2 Å². The van der Waals surface area contributed by atoms with Crippen LogP contribution in [0.2, 0.25) is 0 Å². The molecule has 0 saturated heterocycles. The molecule has 1 aromatic heterocycles. The Morgan fingerprint density at radius 3 is 2.46 bits per heavy atom. The van der Waals surface area contributed by atoms with E-state index in [0.29, 0.717) is 23.3 Å². The number of nitrogens with zero attached hydrogens (tertiary/aromatic N) is 2. The van der Waals surface area contributed by atoms with Crippen LogP contribution < -0.4 is 5.32 Å². The van der Waals surface area contributed by atoms with Crippen LogP contribution in [0.3, 0.4) is 0 Å². The molecule has 0 aliphatic heterocycles. The van der Waals surface area contributed by atoms with Crippen molar-refractivity contribution in [1.82, 2.24) is 15.1 Å². The number of carbonyl (C=O) groups is 1. The van der Waals surface area contributed by atoms with E-state index in [1.165, 1.54) is 0 Å². The Morgan fingerprint density at radius 1 is 1.19 bits per heavy atom. The van der Waals surface area contributed by atoms with E-state index in [-0.39, 0.29) is 18.6 Å². The summed E-state index contributed by atoms with van der Waals surface area (Å²) < 4.78 is 1.85. The largest absolute Gasteiger partial charge is 0.396 e. The number of benzene rings is 1. The molecule has 2 aromatic rings. The van der Waals surface area contributed by atoms with Crippen molar-refractivity contribution in [3.05, 3.63) is 47.3 Å². The Morgan fingerprint density at radius 2 is 1.85 bits per heavy atom. The zero-order chi connectivity index (χ0) is 18.3. The number of carbonyl (C=O) groups excluding carboxylic acids is 1. The van der Waals surface area contributed by atoms with Crippen LogP contribution in [-0.2, 0) is 0 Å². The van der Waals surface area contributed by atoms with Crippen LogP contribution in [-0.4, -0.2) is 33.4 Å². The van der Waals surface area contributed by atoms with Crippen molar-refractivity contribution in [3.8, 4) is 5.69 Å². The monoisotopic (exact) mass is 353 g/mol. The number of para-hydroxylation sites is 1. The Bertz CT molecular complexity index is 785. The number of amides is 1. The molecule has 0 radical (unpaired) electrons. The number of aliphatic hydroxyl groups is 1. The van der Waals surface area contributed by atoms with Crippen LogP contribution >= 0.6 is 0 Å². The molecule has 1 heterocycles. The van der Waals surface area contributed by atoms with Gasteiger partial charge in [-0.25, -0.2) is 4.68 Å². The summed E-state index contributed by atoms with van der Waals surface area (Å²) in [7, 11) is 0. The van der Waals surface area contributed by atoms with Gasteiger partial charge in [0.2, 0.25) is 0 Å². The van der Waals surface area contributed by atoms with Crippen LogP contribution in [0.4, 0.5) is 0 Å². The fraction of sp³-hybridized carbons (Fsp3) is 0.524. The molecule has 0 spiro atoms. The second kappa shape index (κ2) is 6.88. The maximum Gasteiger partial charge on any atom is 0.255 e. The zero-order valence-electron chi connectivity index (χ0n) is 15.5. The number of hydrogen-bond donors (Lipinski definition) is 2. The molecule has 2 fully saturated rings. The lowest BCUT2D eigenvalue weighted by Crippen LogP contribution is -2.45. The van der Waals surface area contributed by atoms with Gasteiger partial charge in [0.1, 0.15) is 0 Å². The van der Waals surface area contributed by atoms with Gasteiger partial charge in [0, 0.05) is 12.6 Å². The number of aryl methyl sites for hydroxylation is 1. The minimum Gasteiger partial charge on any atom is -0.396 e. The standard InChI is InChI=1S/C21H27N3O2/c1-13-19(14(2)24(23-13)18-6-4-3-5-7-18)21(26)22-20-16-8-9-17(20)11-15(10-16)12-25/h3-7,15-17,20,25H,8-12H2,1-2H3,(H,22,26)/t15?,16-,17+,20?. The van der Waals surface area contributed by atoms with E-state index < -0.39 is 0 Å². The summed E-state index contributed by atoms with van der Waals surface area (Å²) in [5, 5.41) is 17.4. The molecular weight excluding hydrogens is 326 g/mol. The number of nitrogens with one attached hydrogen (secondary N) is 1. The summed E-state index contributed by atoms with van der Waals surface area (Å²) in [6.45, 7) is 4.13. The Hall–Kier alpha value is -2.14. The van der Waals surface area contributed by atoms with Crippen molar-refractivity contribution in [3.63, 3.8) is 0 Å². The first-order chi connectivity index (χ1) is 12.6. The summed E-state index contributed by atoms with van der Waals surface area (Å²) in [6.07, 6.45) is 4.37. The van der Waals surface area contributed by atoms with Gasteiger partial charge in [-0.05, 0) is 69.4 Å². The Labute approximate surface area is 154 Å². The van der Waals surface area contributed by atoms with Gasteiger partial charge in [-0.2, -0.15) is 5.10 Å². The van der Waals surface area contributed by atoms with Crippen molar-refractivity contribution >= 4 is 5.91 Å². The molecule has 1 aromatic carbocycles. The highest BCUT2D eigenvalue weighted by Gasteiger charge is 2.43. The Balaban J connectivity index is 1.55. The lowest BCUT2D eigenvalue weighted by Gasteiger charge is -2.35. The predicted molar refractivity (Wildman–Crippen MR) is 100 cm³/mol. The van der Waals surface area contributed by atoms with Crippen molar-refractivity contribution in [2.24, 2.45) is 17.8 Å². The number of rotatable bonds is 4. The number of aromatic nitrogens is 2. The highest BCUT2D eigenvalue weighted by atomic mass is 16.3. The number of fused-ring (bicyclic) bond motifs is 2. The molecule has 2 saturated carbocycles. The summed E-state index contributed by atoms with van der Waals surface area (Å²) >= 11 is 0. The molecule has 2 unspecified atom stereocenters. The van der Waals surface area contributed by atoms with Gasteiger partial charge in [-0.1, -0.05) is 18.2 Å². The van der Waals surface area contributed by atoms with E-state index in [0.717, 1.165) is 42.8 Å². The van der Waals surface area contributed by atoms with E-state index >= 15 is 0 Å². The molecule has 2 aliphatic carbocycles. The van der Waals surface area contributed by atoms with Crippen molar-refractivity contribution < 1.29 is 9.90 Å². The van der Waals surface area contributed by atoms with E-state index in [9.17, 15) is 9.90 Å². The third kappa shape index (κ3) is 2.94. The first kappa shape index (κ1) is 17.3. The average molecular weight is 353 g/mol. The van der Waals surface area contributed by atoms with Crippen molar-refractivity contribution in [2.45, 2.75) is 45.6 Å². The first-order valence-electron chi connectivity index (χ1n) is 9.61. The fourth-order valence-corrected chi connectivity index (χ4v) is 5.05. The molecular formula is C21H27N3O2. The van der Waals surface area contributed by atoms with Gasteiger partial charge in [0.25, 0.3) is 5.91 Å². The smallest absolute Gasteiger partial charge is 0.255 e. The van der Waals surface area contributed by atoms with Crippen LogP contribution in [0.15, 0.2) is 30.3 Å². The van der Waals surface area contributed by atoms with Gasteiger partial charge in [0.05, 0.1) is 22.6 Å². The van der Waals surface area contributed by atoms with E-state index in [2.05, 4.69) is 10.4 Å². The van der Waals surface area contributed by atoms with Gasteiger partial charge < -0.3 is 10.4 Å². The zero-order valence-corrected chi connectivity index (χ0v) is 15.5. The van der Waals surface area contributed by atoms with Gasteiger partial charge in [-0.15, -0.1) is 0 Å². The molecule has 2 N–H and O–H groups in total. The molecule has 138 valence electrons. The highest BCUT2D eigenvalue weighted by molar-refractivity contribution is 5.96. The number of aliphatic hydroxyl groups excluding tert-OH is 1. The average Bonchev–Trinajstić information content (AvgIpc) is 3.06. The molecule has 1 amide bonds. The summed E-state index contributed by atoms with van der Waals surface area (Å²) in [6, 6.07) is 10.2. The SMILES string of the molecule is Cc1nn(-c2ccccc2)c(C)c1C(=O)NC1[C@@H]2CC[C@H]1CC(CO)C2. The predicted octanol–water partition coefficient (Wildman–Crippen LogP) is 3.02. The third-order valence-corrected chi connectivity index (χ3v) is 6.27. The van der Waals surface area contributed by atoms with Crippen LogP contribution in [0, 0.1) is 31.6 Å². The number of hydrogen-bond acceptors (Lipinski definition) is 3. The maximum absolute atomic E-state index is 13.1. The highest BCUT2D eigenvalue weighted by Crippen LogP contribution is 2.44. The van der Waals surface area contributed by atoms with Gasteiger partial charge >= 0.3 is 0 Å². The second-order valence-electron chi connectivity index (χ2n) is 7.91. The van der Waals surface area contributed by atoms with Crippen LogP contribution in [0.5, 0.6) is 0 Å². The molecule has 26 heavy (non-hydrogen) atoms. The van der Waals surface area contributed by atoms with Crippen molar-refractivity contribution in [2.75, 3.05) is 6.61 Å². The quantitative estimate of drug-likeness (QED) is 0.888. The minimum atomic E-state index is -0.00784. The third-order valence-electron chi connectivity index (χ3n) is 6.27. The first-order valence-corrected chi connectivity index (χ1v) is 9.61. The van der Waals surface area contributed by atoms with Crippen LogP contribution in [0.1, 0.15) is 47.4 Å².